The quantitative estimate of drug-likeness (QED) is 0.645. The topological polar surface area (TPSA) is 66.8 Å². The molecule has 2 unspecified atom stereocenters. The zero-order valence-electron chi connectivity index (χ0n) is 15.9. The van der Waals surface area contributed by atoms with E-state index in [9.17, 15) is 13.5 Å². The minimum absolute atomic E-state index is 0.0856. The number of aliphatic hydroxyl groups is 1. The summed E-state index contributed by atoms with van der Waals surface area (Å²) >= 11 is 3.48. The van der Waals surface area contributed by atoms with Crippen molar-refractivity contribution < 1.29 is 18.3 Å². The molecule has 1 fully saturated rings. The molecular formula is C21H26BrNO4S. The van der Waals surface area contributed by atoms with E-state index in [0.29, 0.717) is 19.5 Å². The zero-order valence-corrected chi connectivity index (χ0v) is 18.3. The number of hydrogen-bond donors (Lipinski definition) is 1. The molecule has 2 aromatic rings. The second kappa shape index (κ2) is 9.39. The highest BCUT2D eigenvalue weighted by Crippen LogP contribution is 2.22. The predicted molar refractivity (Wildman–Crippen MR) is 114 cm³/mol. The van der Waals surface area contributed by atoms with Crippen LogP contribution in [0.1, 0.15) is 17.5 Å². The first kappa shape index (κ1) is 21.3. The van der Waals surface area contributed by atoms with Gasteiger partial charge in [0.2, 0.25) is 0 Å². The average molecular weight is 468 g/mol. The van der Waals surface area contributed by atoms with Crippen LogP contribution in [0.5, 0.6) is 5.75 Å². The molecule has 0 amide bonds. The van der Waals surface area contributed by atoms with E-state index in [2.05, 4.69) is 20.8 Å². The molecule has 5 nitrogen and oxygen atoms in total. The van der Waals surface area contributed by atoms with Crippen LogP contribution in [0.25, 0.3) is 0 Å². The number of hydrogen-bond acceptors (Lipinski definition) is 5. The van der Waals surface area contributed by atoms with E-state index in [0.717, 1.165) is 21.3 Å². The molecule has 28 heavy (non-hydrogen) atoms. The second-order valence-corrected chi connectivity index (χ2v) is 10.5. The van der Waals surface area contributed by atoms with Gasteiger partial charge >= 0.3 is 0 Å². The van der Waals surface area contributed by atoms with Gasteiger partial charge in [0.15, 0.2) is 9.84 Å². The number of rotatable bonds is 8. The van der Waals surface area contributed by atoms with E-state index in [-0.39, 0.29) is 24.2 Å². The van der Waals surface area contributed by atoms with Crippen LogP contribution >= 0.6 is 15.9 Å². The summed E-state index contributed by atoms with van der Waals surface area (Å²) in [6.45, 7) is 3.10. The van der Waals surface area contributed by atoms with Crippen LogP contribution in [0.3, 0.4) is 0 Å². The predicted octanol–water partition coefficient (Wildman–Crippen LogP) is 3.19. The molecule has 0 saturated carbocycles. The number of aryl methyl sites for hydroxylation is 1. The number of halogens is 1. The van der Waals surface area contributed by atoms with Crippen LogP contribution in [0, 0.1) is 6.92 Å². The van der Waals surface area contributed by atoms with E-state index in [1.54, 1.807) is 0 Å². The molecule has 1 heterocycles. The Morgan fingerprint density at radius 2 is 2.04 bits per heavy atom. The van der Waals surface area contributed by atoms with Gasteiger partial charge in [-0.1, -0.05) is 40.2 Å². The van der Waals surface area contributed by atoms with Crippen LogP contribution < -0.4 is 4.74 Å². The van der Waals surface area contributed by atoms with Crippen molar-refractivity contribution in [2.45, 2.75) is 32.0 Å². The highest BCUT2D eigenvalue weighted by Gasteiger charge is 2.33. The Labute approximate surface area is 175 Å². The zero-order chi connectivity index (χ0) is 20.1. The molecule has 1 N–H and O–H groups in total. The SMILES string of the molecule is Cc1cccc(OCC(O)CN(Cc2cccc(Br)c2)C2CCS(=O)(=O)C2)c1. The van der Waals surface area contributed by atoms with Crippen molar-refractivity contribution in [3.63, 3.8) is 0 Å². The molecule has 1 aliphatic heterocycles. The molecule has 0 aromatic heterocycles. The third kappa shape index (κ3) is 6.30. The van der Waals surface area contributed by atoms with Crippen LogP contribution in [0.15, 0.2) is 53.0 Å². The summed E-state index contributed by atoms with van der Waals surface area (Å²) in [6.07, 6.45) is -0.113. The Kier molecular flexibility index (Phi) is 7.15. The van der Waals surface area contributed by atoms with Crippen LogP contribution in [-0.4, -0.2) is 55.2 Å². The average Bonchev–Trinajstić information content (AvgIpc) is 2.99. The standard InChI is InChI=1S/C21H26BrNO4S/c1-16-4-2-7-21(10-16)27-14-20(24)13-23(19-8-9-28(25,26)15-19)12-17-5-3-6-18(22)11-17/h2-7,10-11,19-20,24H,8-9,12-15H2,1H3. The van der Waals surface area contributed by atoms with E-state index >= 15 is 0 Å². The van der Waals surface area contributed by atoms with E-state index in [1.807, 2.05) is 55.5 Å². The third-order valence-corrected chi connectivity index (χ3v) is 7.12. The highest BCUT2D eigenvalue weighted by molar-refractivity contribution is 9.10. The minimum atomic E-state index is -3.00. The molecule has 1 aliphatic rings. The summed E-state index contributed by atoms with van der Waals surface area (Å²) in [6, 6.07) is 15.6. The molecule has 7 heteroatoms. The summed E-state index contributed by atoms with van der Waals surface area (Å²) in [7, 11) is -3.00. The van der Waals surface area contributed by atoms with Crippen LogP contribution in [0.2, 0.25) is 0 Å². The Bertz CT molecular complexity index is 903. The highest BCUT2D eigenvalue weighted by atomic mass is 79.9. The third-order valence-electron chi connectivity index (χ3n) is 4.88. The van der Waals surface area contributed by atoms with Gasteiger partial charge in [0, 0.05) is 23.6 Å². The van der Waals surface area contributed by atoms with E-state index in [1.165, 1.54) is 0 Å². The van der Waals surface area contributed by atoms with Crippen molar-refractivity contribution in [2.24, 2.45) is 0 Å². The lowest BCUT2D eigenvalue weighted by Gasteiger charge is -2.30. The molecule has 0 bridgehead atoms. The van der Waals surface area contributed by atoms with Crippen molar-refractivity contribution in [2.75, 3.05) is 24.7 Å². The molecule has 0 radical (unpaired) electrons. The first-order valence-corrected chi connectivity index (χ1v) is 12.0. The second-order valence-electron chi connectivity index (χ2n) is 7.40. The number of nitrogens with zero attached hydrogens (tertiary/aromatic N) is 1. The van der Waals surface area contributed by atoms with Gasteiger partial charge in [0.05, 0.1) is 11.5 Å². The molecule has 2 atom stereocenters. The molecule has 3 rings (SSSR count). The smallest absolute Gasteiger partial charge is 0.151 e. The minimum Gasteiger partial charge on any atom is -0.491 e. The molecule has 152 valence electrons. The monoisotopic (exact) mass is 467 g/mol. The van der Waals surface area contributed by atoms with Crippen molar-refractivity contribution in [1.82, 2.24) is 4.90 Å². The lowest BCUT2D eigenvalue weighted by atomic mass is 10.1. The summed E-state index contributed by atoms with van der Waals surface area (Å²) in [4.78, 5) is 2.07. The van der Waals surface area contributed by atoms with Gasteiger partial charge in [0.1, 0.15) is 18.5 Å². The maximum atomic E-state index is 12.0. The lowest BCUT2D eigenvalue weighted by Crippen LogP contribution is -2.42. The molecule has 0 spiro atoms. The maximum Gasteiger partial charge on any atom is 0.151 e. The fraction of sp³-hybridized carbons (Fsp3) is 0.429. The van der Waals surface area contributed by atoms with Gasteiger partial charge in [-0.2, -0.15) is 0 Å². The molecule has 2 aromatic carbocycles. The van der Waals surface area contributed by atoms with E-state index in [4.69, 9.17) is 4.74 Å². The van der Waals surface area contributed by atoms with Gasteiger partial charge in [-0.3, -0.25) is 4.90 Å². The fourth-order valence-electron chi connectivity index (χ4n) is 3.50. The Morgan fingerprint density at radius 3 is 2.71 bits per heavy atom. The molecule has 0 aliphatic carbocycles. The number of ether oxygens (including phenoxy) is 1. The van der Waals surface area contributed by atoms with Gasteiger partial charge in [-0.05, 0) is 48.7 Å². The van der Waals surface area contributed by atoms with Gasteiger partial charge in [-0.25, -0.2) is 8.42 Å². The Hall–Kier alpha value is -1.41. The van der Waals surface area contributed by atoms with Crippen molar-refractivity contribution >= 4 is 25.8 Å². The number of aliphatic hydroxyl groups excluding tert-OH is 1. The number of benzene rings is 2. The van der Waals surface area contributed by atoms with E-state index < -0.39 is 15.9 Å². The maximum absolute atomic E-state index is 12.0. The van der Waals surface area contributed by atoms with Crippen molar-refractivity contribution in [1.29, 1.82) is 0 Å². The van der Waals surface area contributed by atoms with Crippen molar-refractivity contribution in [3.05, 3.63) is 64.1 Å². The molecule has 1 saturated heterocycles. The summed E-state index contributed by atoms with van der Waals surface area (Å²) < 4.78 is 30.6. The number of sulfone groups is 1. The first-order valence-electron chi connectivity index (χ1n) is 9.37. The van der Waals surface area contributed by atoms with Crippen molar-refractivity contribution in [3.8, 4) is 5.75 Å². The van der Waals surface area contributed by atoms with Gasteiger partial charge in [0.25, 0.3) is 0 Å². The Morgan fingerprint density at radius 1 is 1.25 bits per heavy atom. The normalized spacial score (nSPS) is 19.6. The van der Waals surface area contributed by atoms with Crippen LogP contribution in [0.4, 0.5) is 0 Å². The van der Waals surface area contributed by atoms with Gasteiger partial charge < -0.3 is 9.84 Å². The summed E-state index contributed by atoms with van der Waals surface area (Å²) in [5.74, 6) is 1.08. The summed E-state index contributed by atoms with van der Waals surface area (Å²) in [5, 5.41) is 10.5. The van der Waals surface area contributed by atoms with Gasteiger partial charge in [-0.15, -0.1) is 0 Å². The van der Waals surface area contributed by atoms with Crippen LogP contribution in [-0.2, 0) is 16.4 Å². The largest absolute Gasteiger partial charge is 0.491 e. The molecular weight excluding hydrogens is 442 g/mol. The fourth-order valence-corrected chi connectivity index (χ4v) is 5.71. The first-order chi connectivity index (χ1) is 13.3. The lowest BCUT2D eigenvalue weighted by molar-refractivity contribution is 0.0524. The Balaban J connectivity index is 1.65. The summed E-state index contributed by atoms with van der Waals surface area (Å²) in [5.41, 5.74) is 2.17.